The summed E-state index contributed by atoms with van der Waals surface area (Å²) in [6, 6.07) is 18.1. The molecule has 0 unspecified atom stereocenters. The van der Waals surface area contributed by atoms with Gasteiger partial charge in [-0.3, -0.25) is 19.7 Å². The van der Waals surface area contributed by atoms with Gasteiger partial charge in [-0.15, -0.1) is 0 Å². The number of nitrogens with zero attached hydrogens (tertiary/aromatic N) is 4. The van der Waals surface area contributed by atoms with Gasteiger partial charge in [0, 0.05) is 67.6 Å². The van der Waals surface area contributed by atoms with E-state index in [0.717, 1.165) is 40.2 Å². The average Bonchev–Trinajstić information content (AvgIpc) is 3.35. The van der Waals surface area contributed by atoms with Gasteiger partial charge in [-0.2, -0.15) is 0 Å². The second-order valence-corrected chi connectivity index (χ2v) is 10.9. The number of fused-ring (bicyclic) bond motifs is 9. The number of nitro groups is 1. The number of rotatable bonds is 5. The number of aromatic nitrogens is 3. The molecule has 0 spiro atoms. The highest BCUT2D eigenvalue weighted by Crippen LogP contribution is 2.47. The standard InChI is InChI=1S/C29H28N6O4/c36-27-7-3-6-24-18-12-19(16-33(24)27)28-21(14-17-13-20(35(38)39)8-9-25(17)34(28)15-18)29(37)30-11-10-26-31-22-4-1-2-5-23(22)32-26/h1-9,13,18-19,21,28H,10-12,14-16H2,(H,30,37)(H,31,32)/t18-,19+,21-,28+/m1/s1. The van der Waals surface area contributed by atoms with Crippen LogP contribution in [0.5, 0.6) is 0 Å². The fraction of sp³-hybridized carbons (Fsp3) is 0.345. The van der Waals surface area contributed by atoms with Gasteiger partial charge < -0.3 is 19.8 Å². The van der Waals surface area contributed by atoms with E-state index < -0.39 is 0 Å². The maximum absolute atomic E-state index is 13.7. The molecular weight excluding hydrogens is 496 g/mol. The number of piperidine rings is 1. The highest BCUT2D eigenvalue weighted by molar-refractivity contribution is 5.82. The zero-order valence-corrected chi connectivity index (χ0v) is 21.2. The van der Waals surface area contributed by atoms with Crippen LogP contribution in [0.4, 0.5) is 11.4 Å². The number of H-pyrrole nitrogens is 1. The predicted molar refractivity (Wildman–Crippen MR) is 146 cm³/mol. The molecule has 10 nitrogen and oxygen atoms in total. The van der Waals surface area contributed by atoms with E-state index in [9.17, 15) is 19.7 Å². The molecule has 1 saturated heterocycles. The van der Waals surface area contributed by atoms with Crippen molar-refractivity contribution in [2.24, 2.45) is 11.8 Å². The van der Waals surface area contributed by atoms with E-state index >= 15 is 0 Å². The Hall–Kier alpha value is -4.47. The Morgan fingerprint density at radius 3 is 2.85 bits per heavy atom. The molecule has 4 aromatic rings. The minimum atomic E-state index is -0.387. The molecule has 0 radical (unpaired) electrons. The van der Waals surface area contributed by atoms with Gasteiger partial charge in [0.15, 0.2) is 0 Å². The van der Waals surface area contributed by atoms with E-state index in [1.165, 1.54) is 0 Å². The highest BCUT2D eigenvalue weighted by Gasteiger charge is 2.49. The summed E-state index contributed by atoms with van der Waals surface area (Å²) in [6.45, 7) is 1.66. The molecule has 198 valence electrons. The number of anilines is 1. The summed E-state index contributed by atoms with van der Waals surface area (Å²) >= 11 is 0. The van der Waals surface area contributed by atoms with Crippen LogP contribution in [0.25, 0.3) is 11.0 Å². The number of para-hydroxylation sites is 2. The Labute approximate surface area is 223 Å². The lowest BCUT2D eigenvalue weighted by molar-refractivity contribution is -0.384. The Morgan fingerprint density at radius 2 is 2.00 bits per heavy atom. The predicted octanol–water partition coefficient (Wildman–Crippen LogP) is 3.16. The number of imidazole rings is 1. The van der Waals surface area contributed by atoms with Crippen LogP contribution in [0.2, 0.25) is 0 Å². The lowest BCUT2D eigenvalue weighted by Gasteiger charge is -2.54. The van der Waals surface area contributed by atoms with Crippen LogP contribution >= 0.6 is 0 Å². The first-order valence-electron chi connectivity index (χ1n) is 13.4. The summed E-state index contributed by atoms with van der Waals surface area (Å²) < 4.78 is 1.87. The van der Waals surface area contributed by atoms with E-state index in [1.807, 2.05) is 47.0 Å². The van der Waals surface area contributed by atoms with Crippen LogP contribution in [-0.2, 0) is 24.2 Å². The number of nitrogens with one attached hydrogen (secondary N) is 2. The summed E-state index contributed by atoms with van der Waals surface area (Å²) in [6.07, 6.45) is 1.90. The van der Waals surface area contributed by atoms with Gasteiger partial charge in [-0.25, -0.2) is 4.98 Å². The third-order valence-electron chi connectivity index (χ3n) is 8.64. The van der Waals surface area contributed by atoms with Crippen molar-refractivity contribution in [2.45, 2.75) is 37.8 Å². The molecule has 1 fully saturated rings. The second-order valence-electron chi connectivity index (χ2n) is 10.9. The number of nitro benzene ring substituents is 1. The number of pyridine rings is 1. The number of aromatic amines is 1. The van der Waals surface area contributed by atoms with Crippen molar-refractivity contribution >= 4 is 28.3 Å². The van der Waals surface area contributed by atoms with E-state index in [-0.39, 0.29) is 45.9 Å². The first-order valence-corrected chi connectivity index (χ1v) is 13.4. The van der Waals surface area contributed by atoms with Crippen LogP contribution in [0.3, 0.4) is 0 Å². The molecule has 7 rings (SSSR count). The lowest BCUT2D eigenvalue weighted by atomic mass is 9.70. The van der Waals surface area contributed by atoms with Crippen molar-refractivity contribution in [3.05, 3.63) is 98.2 Å². The first-order chi connectivity index (χ1) is 19.0. The van der Waals surface area contributed by atoms with Crippen LogP contribution in [0.1, 0.15) is 29.4 Å². The molecule has 2 aromatic heterocycles. The largest absolute Gasteiger partial charge is 0.366 e. The third-order valence-corrected chi connectivity index (χ3v) is 8.64. The first kappa shape index (κ1) is 23.6. The van der Waals surface area contributed by atoms with Crippen LogP contribution < -0.4 is 15.8 Å². The van der Waals surface area contributed by atoms with Crippen molar-refractivity contribution in [3.63, 3.8) is 0 Å². The highest BCUT2D eigenvalue weighted by atomic mass is 16.6. The molecule has 3 aliphatic heterocycles. The van der Waals surface area contributed by atoms with E-state index in [4.69, 9.17) is 0 Å². The Morgan fingerprint density at radius 1 is 1.13 bits per heavy atom. The number of carbonyl (C=O) groups is 1. The summed E-state index contributed by atoms with van der Waals surface area (Å²) in [5.74, 6) is 0.633. The quantitative estimate of drug-likeness (QED) is 0.305. The second kappa shape index (κ2) is 9.07. The molecule has 2 aromatic carbocycles. The van der Waals surface area contributed by atoms with Gasteiger partial charge in [0.05, 0.1) is 21.9 Å². The van der Waals surface area contributed by atoms with Crippen molar-refractivity contribution in [1.82, 2.24) is 19.9 Å². The van der Waals surface area contributed by atoms with Gasteiger partial charge in [0.2, 0.25) is 5.91 Å². The zero-order valence-electron chi connectivity index (χ0n) is 21.2. The number of hydrogen-bond donors (Lipinski definition) is 2. The minimum Gasteiger partial charge on any atom is -0.366 e. The van der Waals surface area contributed by atoms with Crippen LogP contribution in [0, 0.1) is 22.0 Å². The topological polar surface area (TPSA) is 126 Å². The van der Waals surface area contributed by atoms with Gasteiger partial charge >= 0.3 is 0 Å². The van der Waals surface area contributed by atoms with Gasteiger partial charge in [-0.1, -0.05) is 18.2 Å². The number of carbonyl (C=O) groups excluding carboxylic acids is 1. The van der Waals surface area contributed by atoms with Gasteiger partial charge in [0.1, 0.15) is 5.82 Å². The molecule has 0 aliphatic carbocycles. The number of hydrogen-bond acceptors (Lipinski definition) is 6. The average molecular weight is 525 g/mol. The van der Waals surface area contributed by atoms with Crippen LogP contribution in [-0.4, -0.2) is 44.5 Å². The van der Waals surface area contributed by atoms with E-state index in [1.54, 1.807) is 18.2 Å². The fourth-order valence-corrected chi connectivity index (χ4v) is 7.01. The van der Waals surface area contributed by atoms with Crippen LogP contribution in [0.15, 0.2) is 65.5 Å². The molecular formula is C29H28N6O4. The Bertz CT molecular complexity index is 1640. The molecule has 5 heterocycles. The number of benzene rings is 2. The van der Waals surface area contributed by atoms with E-state index in [0.29, 0.717) is 32.5 Å². The van der Waals surface area contributed by atoms with Crippen molar-refractivity contribution in [2.75, 3.05) is 18.0 Å². The maximum atomic E-state index is 13.7. The molecule has 4 atom stereocenters. The van der Waals surface area contributed by atoms with E-state index in [2.05, 4.69) is 20.2 Å². The minimum absolute atomic E-state index is 0.00526. The Balaban J connectivity index is 1.18. The van der Waals surface area contributed by atoms with Crippen molar-refractivity contribution < 1.29 is 9.72 Å². The fourth-order valence-electron chi connectivity index (χ4n) is 7.01. The third kappa shape index (κ3) is 3.98. The summed E-state index contributed by atoms with van der Waals surface area (Å²) in [5.41, 5.74) is 4.69. The van der Waals surface area contributed by atoms with Gasteiger partial charge in [-0.05, 0) is 48.6 Å². The number of amides is 1. The monoisotopic (exact) mass is 524 g/mol. The SMILES string of the molecule is O=C(NCCc1nc2ccccc2[nH]1)[C@@H]1Cc2cc([N+](=O)[O-])ccc2N2C[C@H]3C[C@@H](Cn4c3cccc4=O)[C@@H]12. The zero-order chi connectivity index (χ0) is 26.7. The smallest absolute Gasteiger partial charge is 0.269 e. The molecule has 3 aliphatic rings. The summed E-state index contributed by atoms with van der Waals surface area (Å²) in [7, 11) is 0. The van der Waals surface area contributed by atoms with Crippen molar-refractivity contribution in [3.8, 4) is 0 Å². The summed E-state index contributed by atoms with van der Waals surface area (Å²) in [4.78, 5) is 47.8. The summed E-state index contributed by atoms with van der Waals surface area (Å²) in [5, 5.41) is 14.6. The number of non-ortho nitro benzene ring substituents is 1. The van der Waals surface area contributed by atoms with Crippen molar-refractivity contribution in [1.29, 1.82) is 0 Å². The Kier molecular flexibility index (Phi) is 5.50. The molecule has 1 amide bonds. The van der Waals surface area contributed by atoms with Gasteiger partial charge in [0.25, 0.3) is 11.2 Å². The lowest BCUT2D eigenvalue weighted by Crippen LogP contribution is -2.61. The normalized spacial score (nSPS) is 23.0. The molecule has 10 heteroatoms. The molecule has 39 heavy (non-hydrogen) atoms. The maximum Gasteiger partial charge on any atom is 0.269 e. The molecule has 0 saturated carbocycles. The molecule has 2 N–H and O–H groups in total. The molecule has 2 bridgehead atoms.